The van der Waals surface area contributed by atoms with Gasteiger partial charge < -0.3 is 15.4 Å². The zero-order valence-electron chi connectivity index (χ0n) is 11.9. The lowest BCUT2D eigenvalue weighted by Crippen LogP contribution is -2.59. The van der Waals surface area contributed by atoms with Gasteiger partial charge in [-0.25, -0.2) is 0 Å². The number of carbonyl (C=O) groups is 1. The van der Waals surface area contributed by atoms with Crippen LogP contribution in [0.3, 0.4) is 0 Å². The number of amides is 1. The minimum atomic E-state index is -0.191. The molecule has 20 heavy (non-hydrogen) atoms. The molecule has 0 spiro atoms. The molecule has 4 nitrogen and oxygen atoms in total. The molecule has 2 N–H and O–H groups in total. The fourth-order valence-electron chi connectivity index (χ4n) is 2.18. The van der Waals surface area contributed by atoms with Crippen molar-refractivity contribution in [2.45, 2.75) is 31.9 Å². The van der Waals surface area contributed by atoms with Gasteiger partial charge in [-0.3, -0.25) is 4.79 Å². The SMILES string of the molecule is CC(Cc1ccccc1Cl)NC(=O)COC1(C)CNC1. The van der Waals surface area contributed by atoms with E-state index in [0.717, 1.165) is 23.7 Å². The van der Waals surface area contributed by atoms with Crippen LogP contribution >= 0.6 is 11.6 Å². The van der Waals surface area contributed by atoms with Gasteiger partial charge >= 0.3 is 0 Å². The largest absolute Gasteiger partial charge is 0.363 e. The molecule has 1 saturated heterocycles. The predicted molar refractivity (Wildman–Crippen MR) is 80.0 cm³/mol. The Hall–Kier alpha value is -1.10. The summed E-state index contributed by atoms with van der Waals surface area (Å²) >= 11 is 6.11. The van der Waals surface area contributed by atoms with Gasteiger partial charge in [-0.1, -0.05) is 29.8 Å². The molecule has 1 aliphatic heterocycles. The third kappa shape index (κ3) is 4.20. The first kappa shape index (κ1) is 15.3. The van der Waals surface area contributed by atoms with E-state index in [2.05, 4.69) is 10.6 Å². The fourth-order valence-corrected chi connectivity index (χ4v) is 2.39. The molecule has 1 atom stereocenters. The van der Waals surface area contributed by atoms with Gasteiger partial charge in [0.1, 0.15) is 6.61 Å². The van der Waals surface area contributed by atoms with Gasteiger partial charge in [0, 0.05) is 24.2 Å². The Morgan fingerprint density at radius 1 is 1.50 bits per heavy atom. The molecule has 5 heteroatoms. The quantitative estimate of drug-likeness (QED) is 0.841. The second kappa shape index (κ2) is 6.57. The van der Waals surface area contributed by atoms with Gasteiger partial charge in [-0.05, 0) is 31.9 Å². The van der Waals surface area contributed by atoms with Crippen LogP contribution in [-0.4, -0.2) is 37.2 Å². The Morgan fingerprint density at radius 2 is 2.20 bits per heavy atom. The third-order valence-corrected chi connectivity index (χ3v) is 3.81. The molecule has 0 radical (unpaired) electrons. The first-order valence-corrected chi connectivity index (χ1v) is 7.24. The van der Waals surface area contributed by atoms with Gasteiger partial charge in [0.05, 0.1) is 5.60 Å². The van der Waals surface area contributed by atoms with E-state index in [9.17, 15) is 4.79 Å². The van der Waals surface area contributed by atoms with Crippen molar-refractivity contribution in [3.05, 3.63) is 34.9 Å². The minimum Gasteiger partial charge on any atom is -0.363 e. The van der Waals surface area contributed by atoms with Crippen molar-refractivity contribution in [2.24, 2.45) is 0 Å². The average Bonchev–Trinajstić information content (AvgIpc) is 2.37. The van der Waals surface area contributed by atoms with Crippen LogP contribution in [0.1, 0.15) is 19.4 Å². The van der Waals surface area contributed by atoms with E-state index in [1.54, 1.807) is 0 Å². The normalized spacial score (nSPS) is 18.1. The van der Waals surface area contributed by atoms with E-state index in [4.69, 9.17) is 16.3 Å². The van der Waals surface area contributed by atoms with Crippen molar-refractivity contribution in [3.63, 3.8) is 0 Å². The summed E-state index contributed by atoms with van der Waals surface area (Å²) in [6.45, 7) is 5.67. The average molecular weight is 297 g/mol. The van der Waals surface area contributed by atoms with Gasteiger partial charge in [0.2, 0.25) is 5.91 Å². The highest BCUT2D eigenvalue weighted by Crippen LogP contribution is 2.17. The maximum atomic E-state index is 11.8. The van der Waals surface area contributed by atoms with Crippen LogP contribution in [0.4, 0.5) is 0 Å². The van der Waals surface area contributed by atoms with E-state index < -0.39 is 0 Å². The molecule has 0 aliphatic carbocycles. The van der Waals surface area contributed by atoms with Crippen LogP contribution in [0.2, 0.25) is 5.02 Å². The molecule has 1 aromatic carbocycles. The smallest absolute Gasteiger partial charge is 0.246 e. The monoisotopic (exact) mass is 296 g/mol. The highest BCUT2D eigenvalue weighted by Gasteiger charge is 2.33. The van der Waals surface area contributed by atoms with Crippen molar-refractivity contribution in [2.75, 3.05) is 19.7 Å². The molecule has 1 fully saturated rings. The van der Waals surface area contributed by atoms with Crippen LogP contribution in [0.25, 0.3) is 0 Å². The Labute approximate surface area is 124 Å². The molecule has 1 aliphatic rings. The van der Waals surface area contributed by atoms with Gasteiger partial charge in [-0.15, -0.1) is 0 Å². The number of hydrogen-bond donors (Lipinski definition) is 2. The second-order valence-electron chi connectivity index (χ2n) is 5.61. The van der Waals surface area contributed by atoms with Crippen LogP contribution in [0.15, 0.2) is 24.3 Å². The topological polar surface area (TPSA) is 50.4 Å². The van der Waals surface area contributed by atoms with Crippen molar-refractivity contribution in [1.82, 2.24) is 10.6 Å². The molecule has 1 aromatic rings. The zero-order chi connectivity index (χ0) is 14.6. The second-order valence-corrected chi connectivity index (χ2v) is 6.01. The highest BCUT2D eigenvalue weighted by molar-refractivity contribution is 6.31. The van der Waals surface area contributed by atoms with Crippen molar-refractivity contribution >= 4 is 17.5 Å². The Bertz CT molecular complexity index is 475. The number of rotatable bonds is 6. The minimum absolute atomic E-state index is 0.0262. The highest BCUT2D eigenvalue weighted by atomic mass is 35.5. The summed E-state index contributed by atoms with van der Waals surface area (Å²) in [5.41, 5.74) is 0.849. The molecular formula is C15H21ClN2O2. The number of halogens is 1. The van der Waals surface area contributed by atoms with E-state index in [0.29, 0.717) is 6.42 Å². The molecule has 1 unspecified atom stereocenters. The summed E-state index contributed by atoms with van der Waals surface area (Å²) in [6, 6.07) is 7.71. The Morgan fingerprint density at radius 3 is 2.80 bits per heavy atom. The summed E-state index contributed by atoms with van der Waals surface area (Å²) in [5.74, 6) is -0.0855. The molecular weight excluding hydrogens is 276 g/mol. The molecule has 0 bridgehead atoms. The number of hydrogen-bond acceptors (Lipinski definition) is 3. The lowest BCUT2D eigenvalue weighted by molar-refractivity contribution is -0.136. The van der Waals surface area contributed by atoms with E-state index in [1.165, 1.54) is 0 Å². The standard InChI is InChI=1S/C15H21ClN2O2/c1-11(7-12-5-3-4-6-13(12)16)18-14(19)8-20-15(2)9-17-10-15/h3-6,11,17H,7-10H2,1-2H3,(H,18,19). The fraction of sp³-hybridized carbons (Fsp3) is 0.533. The predicted octanol–water partition coefficient (Wildman–Crippen LogP) is 1.77. The van der Waals surface area contributed by atoms with E-state index in [1.807, 2.05) is 38.1 Å². The number of carbonyl (C=O) groups excluding carboxylic acids is 1. The molecule has 1 heterocycles. The lowest BCUT2D eigenvalue weighted by Gasteiger charge is -2.38. The van der Waals surface area contributed by atoms with Crippen molar-refractivity contribution in [3.8, 4) is 0 Å². The zero-order valence-corrected chi connectivity index (χ0v) is 12.7. The first-order valence-electron chi connectivity index (χ1n) is 6.86. The molecule has 0 aromatic heterocycles. The number of nitrogens with one attached hydrogen (secondary N) is 2. The van der Waals surface area contributed by atoms with Crippen molar-refractivity contribution in [1.29, 1.82) is 0 Å². The molecule has 110 valence electrons. The summed E-state index contributed by atoms with van der Waals surface area (Å²) in [4.78, 5) is 11.8. The van der Waals surface area contributed by atoms with Gasteiger partial charge in [-0.2, -0.15) is 0 Å². The molecule has 2 rings (SSSR count). The third-order valence-electron chi connectivity index (χ3n) is 3.44. The van der Waals surface area contributed by atoms with Crippen LogP contribution < -0.4 is 10.6 Å². The maximum absolute atomic E-state index is 11.8. The number of ether oxygens (including phenoxy) is 1. The summed E-state index contributed by atoms with van der Waals surface area (Å²) in [5, 5.41) is 6.80. The number of benzene rings is 1. The maximum Gasteiger partial charge on any atom is 0.246 e. The van der Waals surface area contributed by atoms with Crippen molar-refractivity contribution < 1.29 is 9.53 Å². The van der Waals surface area contributed by atoms with Crippen LogP contribution in [0.5, 0.6) is 0 Å². The van der Waals surface area contributed by atoms with E-state index >= 15 is 0 Å². The Balaban J connectivity index is 1.75. The summed E-state index contributed by atoms with van der Waals surface area (Å²) < 4.78 is 5.60. The Kier molecular flexibility index (Phi) is 5.02. The molecule has 1 amide bonds. The lowest BCUT2D eigenvalue weighted by atomic mass is 10.0. The van der Waals surface area contributed by atoms with Gasteiger partial charge in [0.15, 0.2) is 0 Å². The summed E-state index contributed by atoms with van der Waals surface area (Å²) in [6.07, 6.45) is 0.713. The first-order chi connectivity index (χ1) is 9.48. The summed E-state index contributed by atoms with van der Waals surface area (Å²) in [7, 11) is 0. The van der Waals surface area contributed by atoms with Crippen LogP contribution in [0, 0.1) is 0 Å². The van der Waals surface area contributed by atoms with E-state index in [-0.39, 0.29) is 24.2 Å². The van der Waals surface area contributed by atoms with Gasteiger partial charge in [0.25, 0.3) is 0 Å². The molecule has 0 saturated carbocycles. The van der Waals surface area contributed by atoms with Crippen LogP contribution in [-0.2, 0) is 16.0 Å².